The van der Waals surface area contributed by atoms with Crippen LogP contribution in [0, 0.1) is 0 Å². The zero-order valence-electron chi connectivity index (χ0n) is 10.9. The van der Waals surface area contributed by atoms with Gasteiger partial charge in [0, 0.05) is 13.1 Å². The smallest absolute Gasteiger partial charge is 0.337 e. The maximum absolute atomic E-state index is 11.3. The molecular weight excluding hydrogens is 238 g/mol. The van der Waals surface area contributed by atoms with Gasteiger partial charge in [0.25, 0.3) is 0 Å². The Labute approximate surface area is 113 Å². The number of benzene rings is 2. The Morgan fingerprint density at radius 3 is 2.32 bits per heavy atom. The minimum Gasteiger partial charge on any atom is -0.478 e. The van der Waals surface area contributed by atoms with E-state index in [1.165, 1.54) is 5.56 Å². The molecule has 3 heteroatoms. The molecule has 2 aromatic rings. The van der Waals surface area contributed by atoms with Crippen molar-refractivity contribution in [2.75, 3.05) is 11.4 Å². The first kappa shape index (κ1) is 13.1. The van der Waals surface area contributed by atoms with Gasteiger partial charge in [0.2, 0.25) is 0 Å². The Hall–Kier alpha value is -2.29. The van der Waals surface area contributed by atoms with Crippen molar-refractivity contribution in [1.82, 2.24) is 0 Å². The van der Waals surface area contributed by atoms with Crippen molar-refractivity contribution in [1.29, 1.82) is 0 Å². The molecule has 0 bridgehead atoms. The van der Waals surface area contributed by atoms with E-state index in [4.69, 9.17) is 0 Å². The molecule has 0 aromatic heterocycles. The monoisotopic (exact) mass is 255 g/mol. The number of aromatic carboxylic acids is 1. The van der Waals surface area contributed by atoms with E-state index in [9.17, 15) is 9.90 Å². The number of para-hydroxylation sites is 1. The topological polar surface area (TPSA) is 40.5 Å². The van der Waals surface area contributed by atoms with Crippen LogP contribution in [0.2, 0.25) is 0 Å². The summed E-state index contributed by atoms with van der Waals surface area (Å²) in [4.78, 5) is 13.3. The van der Waals surface area contributed by atoms with Gasteiger partial charge in [-0.3, -0.25) is 0 Å². The van der Waals surface area contributed by atoms with Crippen LogP contribution in [0.5, 0.6) is 0 Å². The predicted octanol–water partition coefficient (Wildman–Crippen LogP) is 3.41. The fourth-order valence-electron chi connectivity index (χ4n) is 2.10. The van der Waals surface area contributed by atoms with E-state index in [0.717, 1.165) is 12.2 Å². The molecular formula is C16H17NO2. The van der Waals surface area contributed by atoms with Gasteiger partial charge in [0.15, 0.2) is 0 Å². The Kier molecular flexibility index (Phi) is 4.18. The minimum absolute atomic E-state index is 0.347. The van der Waals surface area contributed by atoms with Crippen LogP contribution in [0.4, 0.5) is 5.69 Å². The summed E-state index contributed by atoms with van der Waals surface area (Å²) in [6.45, 7) is 3.50. The quantitative estimate of drug-likeness (QED) is 0.890. The fraction of sp³-hybridized carbons (Fsp3) is 0.188. The van der Waals surface area contributed by atoms with Crippen LogP contribution in [0.15, 0.2) is 54.6 Å². The average molecular weight is 255 g/mol. The number of hydrogen-bond donors (Lipinski definition) is 1. The van der Waals surface area contributed by atoms with Gasteiger partial charge in [-0.25, -0.2) is 4.79 Å². The summed E-state index contributed by atoms with van der Waals surface area (Å²) < 4.78 is 0. The second kappa shape index (κ2) is 6.05. The van der Waals surface area contributed by atoms with Crippen molar-refractivity contribution in [3.8, 4) is 0 Å². The molecule has 0 amide bonds. The van der Waals surface area contributed by atoms with Gasteiger partial charge in [-0.1, -0.05) is 42.5 Å². The zero-order chi connectivity index (χ0) is 13.7. The van der Waals surface area contributed by atoms with Crippen LogP contribution in [-0.2, 0) is 6.54 Å². The number of hydrogen-bond acceptors (Lipinski definition) is 2. The lowest BCUT2D eigenvalue weighted by Crippen LogP contribution is -2.24. The standard InChI is InChI=1S/C16H17NO2/c1-2-17(12-13-8-4-3-5-9-13)15-11-7-6-10-14(15)16(18)19/h3-11H,2,12H2,1H3,(H,18,19). The highest BCUT2D eigenvalue weighted by Crippen LogP contribution is 2.22. The molecule has 3 nitrogen and oxygen atoms in total. The largest absolute Gasteiger partial charge is 0.478 e. The lowest BCUT2D eigenvalue weighted by Gasteiger charge is -2.24. The van der Waals surface area contributed by atoms with E-state index in [-0.39, 0.29) is 0 Å². The summed E-state index contributed by atoms with van der Waals surface area (Å²) in [5.41, 5.74) is 2.28. The maximum Gasteiger partial charge on any atom is 0.337 e. The van der Waals surface area contributed by atoms with Gasteiger partial charge in [-0.2, -0.15) is 0 Å². The Morgan fingerprint density at radius 1 is 1.05 bits per heavy atom. The third kappa shape index (κ3) is 3.13. The van der Waals surface area contributed by atoms with E-state index in [1.54, 1.807) is 12.1 Å². The Balaban J connectivity index is 2.30. The molecule has 98 valence electrons. The van der Waals surface area contributed by atoms with Crippen LogP contribution >= 0.6 is 0 Å². The summed E-state index contributed by atoms with van der Waals surface area (Å²) in [6.07, 6.45) is 0. The fourth-order valence-corrected chi connectivity index (χ4v) is 2.10. The van der Waals surface area contributed by atoms with Crippen LogP contribution in [0.1, 0.15) is 22.8 Å². The molecule has 0 saturated carbocycles. The van der Waals surface area contributed by atoms with Crippen LogP contribution in [0.3, 0.4) is 0 Å². The normalized spacial score (nSPS) is 10.2. The lowest BCUT2D eigenvalue weighted by atomic mass is 10.1. The van der Waals surface area contributed by atoms with Crippen molar-refractivity contribution >= 4 is 11.7 Å². The molecule has 1 N–H and O–H groups in total. The molecule has 0 unspecified atom stereocenters. The third-order valence-electron chi connectivity index (χ3n) is 3.07. The summed E-state index contributed by atoms with van der Waals surface area (Å²) in [5, 5.41) is 9.25. The van der Waals surface area contributed by atoms with E-state index < -0.39 is 5.97 Å². The first-order valence-corrected chi connectivity index (χ1v) is 6.33. The molecule has 2 rings (SSSR count). The molecule has 2 aromatic carbocycles. The molecule has 0 saturated heterocycles. The van der Waals surface area contributed by atoms with Gasteiger partial charge >= 0.3 is 5.97 Å². The average Bonchev–Trinajstić information content (AvgIpc) is 2.46. The van der Waals surface area contributed by atoms with Crippen LogP contribution in [0.25, 0.3) is 0 Å². The molecule has 0 heterocycles. The van der Waals surface area contributed by atoms with Gasteiger partial charge in [-0.15, -0.1) is 0 Å². The molecule has 0 aliphatic carbocycles. The predicted molar refractivity (Wildman–Crippen MR) is 76.6 cm³/mol. The first-order chi connectivity index (χ1) is 9.22. The minimum atomic E-state index is -0.887. The Morgan fingerprint density at radius 2 is 1.68 bits per heavy atom. The Bertz CT molecular complexity index is 552. The highest BCUT2D eigenvalue weighted by molar-refractivity contribution is 5.94. The van der Waals surface area contributed by atoms with Gasteiger partial charge in [0.1, 0.15) is 0 Å². The van der Waals surface area contributed by atoms with Gasteiger partial charge in [-0.05, 0) is 24.6 Å². The van der Waals surface area contributed by atoms with Crippen LogP contribution in [-0.4, -0.2) is 17.6 Å². The van der Waals surface area contributed by atoms with Gasteiger partial charge < -0.3 is 10.0 Å². The summed E-state index contributed by atoms with van der Waals surface area (Å²) in [7, 11) is 0. The van der Waals surface area contributed by atoms with E-state index in [2.05, 4.69) is 4.90 Å². The van der Waals surface area contributed by atoms with Crippen molar-refractivity contribution in [2.45, 2.75) is 13.5 Å². The van der Waals surface area contributed by atoms with E-state index in [0.29, 0.717) is 12.1 Å². The zero-order valence-corrected chi connectivity index (χ0v) is 10.9. The van der Waals surface area contributed by atoms with Crippen molar-refractivity contribution < 1.29 is 9.90 Å². The number of anilines is 1. The van der Waals surface area contributed by atoms with E-state index >= 15 is 0 Å². The number of carboxylic acid groups (broad SMARTS) is 1. The van der Waals surface area contributed by atoms with E-state index in [1.807, 2.05) is 49.4 Å². The van der Waals surface area contributed by atoms with Crippen molar-refractivity contribution in [3.05, 3.63) is 65.7 Å². The molecule has 0 radical (unpaired) electrons. The maximum atomic E-state index is 11.3. The molecule has 0 aliphatic rings. The molecule has 0 spiro atoms. The van der Waals surface area contributed by atoms with Gasteiger partial charge in [0.05, 0.1) is 11.3 Å². The third-order valence-corrected chi connectivity index (χ3v) is 3.07. The van der Waals surface area contributed by atoms with Crippen molar-refractivity contribution in [2.24, 2.45) is 0 Å². The molecule has 19 heavy (non-hydrogen) atoms. The van der Waals surface area contributed by atoms with Crippen molar-refractivity contribution in [3.63, 3.8) is 0 Å². The summed E-state index contributed by atoms with van der Waals surface area (Å²) in [6, 6.07) is 17.2. The molecule has 0 fully saturated rings. The lowest BCUT2D eigenvalue weighted by molar-refractivity contribution is 0.0697. The number of nitrogens with zero attached hydrogens (tertiary/aromatic N) is 1. The second-order valence-electron chi connectivity index (χ2n) is 4.32. The number of rotatable bonds is 5. The summed E-state index contributed by atoms with van der Waals surface area (Å²) in [5.74, 6) is -0.887. The summed E-state index contributed by atoms with van der Waals surface area (Å²) >= 11 is 0. The SMILES string of the molecule is CCN(Cc1ccccc1)c1ccccc1C(=O)O. The first-order valence-electron chi connectivity index (χ1n) is 6.33. The van der Waals surface area contributed by atoms with Crippen LogP contribution < -0.4 is 4.90 Å². The highest BCUT2D eigenvalue weighted by atomic mass is 16.4. The number of carbonyl (C=O) groups is 1. The second-order valence-corrected chi connectivity index (χ2v) is 4.32. The highest BCUT2D eigenvalue weighted by Gasteiger charge is 2.14. The number of carboxylic acids is 1. The molecule has 0 aliphatic heterocycles. The molecule has 0 atom stereocenters.